The van der Waals surface area contributed by atoms with E-state index in [1.807, 2.05) is 6.07 Å². The Balaban J connectivity index is 1.51. The summed E-state index contributed by atoms with van der Waals surface area (Å²) in [6.07, 6.45) is 1.62. The minimum Gasteiger partial charge on any atom is -0.324 e. The van der Waals surface area contributed by atoms with E-state index in [0.29, 0.717) is 47.6 Å². The summed E-state index contributed by atoms with van der Waals surface area (Å²) in [5, 5.41) is 2.94. The summed E-state index contributed by atoms with van der Waals surface area (Å²) in [5.41, 5.74) is 2.05. The minimum atomic E-state index is -2.74. The molecule has 6 rings (SSSR count). The highest BCUT2D eigenvalue weighted by molar-refractivity contribution is 6.09. The van der Waals surface area contributed by atoms with Gasteiger partial charge in [0.15, 0.2) is 11.5 Å². The first-order valence-corrected chi connectivity index (χ1v) is 11.2. The van der Waals surface area contributed by atoms with Crippen molar-refractivity contribution in [2.75, 3.05) is 11.9 Å². The first kappa shape index (κ1) is 20.2. The highest BCUT2D eigenvalue weighted by Gasteiger charge is 2.57. The van der Waals surface area contributed by atoms with Gasteiger partial charge in [-0.25, -0.2) is 23.7 Å². The van der Waals surface area contributed by atoms with Gasteiger partial charge in [-0.1, -0.05) is 6.07 Å². The van der Waals surface area contributed by atoms with Gasteiger partial charge in [-0.3, -0.25) is 9.59 Å². The number of rotatable bonds is 4. The van der Waals surface area contributed by atoms with Crippen molar-refractivity contribution < 1.29 is 18.4 Å². The maximum absolute atomic E-state index is 13.6. The van der Waals surface area contributed by atoms with Gasteiger partial charge in [0.25, 0.3) is 12.3 Å². The van der Waals surface area contributed by atoms with Crippen molar-refractivity contribution in [2.45, 2.75) is 51.1 Å². The molecule has 170 valence electrons. The summed E-state index contributed by atoms with van der Waals surface area (Å²) in [5.74, 6) is -0.495. The Morgan fingerprint density at radius 2 is 2.12 bits per heavy atom. The van der Waals surface area contributed by atoms with E-state index in [1.165, 1.54) is 10.9 Å². The first-order chi connectivity index (χ1) is 16.0. The fourth-order valence-electron chi connectivity index (χ4n) is 5.32. The molecule has 1 N–H and O–H groups in total. The zero-order valence-corrected chi connectivity index (χ0v) is 18.0. The highest BCUT2D eigenvalue weighted by atomic mass is 19.3. The normalized spacial score (nSPS) is 21.9. The number of amides is 2. The van der Waals surface area contributed by atoms with Gasteiger partial charge in [0.2, 0.25) is 5.91 Å². The number of hydrogen-bond acceptors (Lipinski definition) is 5. The molecule has 1 saturated carbocycles. The molecule has 2 fully saturated rings. The second kappa shape index (κ2) is 7.03. The Kier molecular flexibility index (Phi) is 4.30. The van der Waals surface area contributed by atoms with Crippen molar-refractivity contribution in [2.24, 2.45) is 5.92 Å². The summed E-state index contributed by atoms with van der Waals surface area (Å²) in [6.45, 7) is 2.61. The van der Waals surface area contributed by atoms with E-state index in [9.17, 15) is 18.4 Å². The first-order valence-electron chi connectivity index (χ1n) is 11.2. The Morgan fingerprint density at radius 1 is 1.30 bits per heavy atom. The molecule has 0 radical (unpaired) electrons. The van der Waals surface area contributed by atoms with Crippen LogP contribution in [0, 0.1) is 5.92 Å². The lowest BCUT2D eigenvalue weighted by Gasteiger charge is -2.33. The van der Waals surface area contributed by atoms with Crippen LogP contribution in [-0.2, 0) is 21.7 Å². The lowest BCUT2D eigenvalue weighted by atomic mass is 9.86. The zero-order valence-electron chi connectivity index (χ0n) is 18.0. The SMILES string of the molecule is CCn1c(C(F)F)nc2c(-c3ccc4c(c3)[C@@]3(CCCN3C(=O)C3CC3)C(=O)N4)ncnc21. The number of hydrogen-bond donors (Lipinski definition) is 1. The Morgan fingerprint density at radius 3 is 2.85 bits per heavy atom. The van der Waals surface area contributed by atoms with E-state index in [-0.39, 0.29) is 23.6 Å². The predicted octanol–water partition coefficient (Wildman–Crippen LogP) is 3.63. The van der Waals surface area contributed by atoms with Crippen LogP contribution in [0.1, 0.15) is 50.4 Å². The fourth-order valence-corrected chi connectivity index (χ4v) is 5.32. The molecule has 1 spiro atoms. The van der Waals surface area contributed by atoms with Gasteiger partial charge < -0.3 is 14.8 Å². The Bertz CT molecular complexity index is 1320. The molecule has 2 aliphatic heterocycles. The molecule has 4 heterocycles. The minimum absolute atomic E-state index is 0.00673. The van der Waals surface area contributed by atoms with Crippen molar-refractivity contribution in [3.63, 3.8) is 0 Å². The number of benzene rings is 1. The van der Waals surface area contributed by atoms with Crippen LogP contribution in [0.5, 0.6) is 0 Å². The van der Waals surface area contributed by atoms with Gasteiger partial charge >= 0.3 is 0 Å². The average molecular weight is 452 g/mol. The van der Waals surface area contributed by atoms with Gasteiger partial charge in [-0.05, 0) is 44.7 Å². The third-order valence-electron chi connectivity index (χ3n) is 7.01. The number of halogens is 2. The summed E-state index contributed by atoms with van der Waals surface area (Å²) in [6, 6.07) is 5.42. The number of aryl methyl sites for hydroxylation is 1. The number of fused-ring (bicyclic) bond motifs is 3. The van der Waals surface area contributed by atoms with Gasteiger partial charge in [0, 0.05) is 35.8 Å². The number of carbonyl (C=O) groups is 2. The van der Waals surface area contributed by atoms with Crippen molar-refractivity contribution in [1.29, 1.82) is 0 Å². The number of alkyl halides is 2. The lowest BCUT2D eigenvalue weighted by molar-refractivity contribution is -0.143. The molecule has 2 amide bonds. The smallest absolute Gasteiger partial charge is 0.295 e. The highest BCUT2D eigenvalue weighted by Crippen LogP contribution is 2.50. The summed E-state index contributed by atoms with van der Waals surface area (Å²) < 4.78 is 28.6. The number of anilines is 1. The molecule has 8 nitrogen and oxygen atoms in total. The number of nitrogens with zero attached hydrogens (tertiary/aromatic N) is 5. The molecular formula is C23H22F2N6O2. The maximum atomic E-state index is 13.6. The van der Waals surface area contributed by atoms with Gasteiger partial charge in [0.1, 0.15) is 23.1 Å². The molecule has 1 aliphatic carbocycles. The van der Waals surface area contributed by atoms with E-state index < -0.39 is 12.0 Å². The van der Waals surface area contributed by atoms with Gasteiger partial charge in [-0.2, -0.15) is 0 Å². The number of likely N-dealkylation sites (tertiary alicyclic amines) is 1. The second-order valence-corrected chi connectivity index (χ2v) is 8.85. The standard InChI is InChI=1S/C23H22F2N6O2/c1-2-30-19-17(29-20(30)18(24)25)16(26-11-27-19)13-6-7-15-14(10-13)23(22(33)28-15)8-3-9-31(23)21(32)12-4-5-12/h6-7,10-12,18H,2-5,8-9H2,1H3,(H,28,33)/t23-/m0/s1. The topological polar surface area (TPSA) is 93.0 Å². The molecule has 1 aromatic carbocycles. The monoisotopic (exact) mass is 452 g/mol. The van der Waals surface area contributed by atoms with Crippen LogP contribution in [0.2, 0.25) is 0 Å². The van der Waals surface area contributed by atoms with Crippen molar-refractivity contribution in [3.8, 4) is 11.3 Å². The van der Waals surface area contributed by atoms with Crippen molar-refractivity contribution in [1.82, 2.24) is 24.4 Å². The van der Waals surface area contributed by atoms with Crippen LogP contribution in [-0.4, -0.2) is 42.8 Å². The van der Waals surface area contributed by atoms with Crippen LogP contribution in [0.4, 0.5) is 14.5 Å². The van der Waals surface area contributed by atoms with E-state index in [4.69, 9.17) is 0 Å². The molecule has 0 bridgehead atoms. The molecule has 2 aromatic heterocycles. The van der Waals surface area contributed by atoms with E-state index in [1.54, 1.807) is 24.0 Å². The fraction of sp³-hybridized carbons (Fsp3) is 0.435. The second-order valence-electron chi connectivity index (χ2n) is 8.85. The molecule has 0 unspecified atom stereocenters. The lowest BCUT2D eigenvalue weighted by Crippen LogP contribution is -2.50. The molecular weight excluding hydrogens is 430 g/mol. The molecule has 3 aliphatic rings. The van der Waals surface area contributed by atoms with E-state index in [2.05, 4.69) is 20.3 Å². The van der Waals surface area contributed by atoms with Gasteiger partial charge in [-0.15, -0.1) is 0 Å². The van der Waals surface area contributed by atoms with E-state index >= 15 is 0 Å². The molecule has 33 heavy (non-hydrogen) atoms. The van der Waals surface area contributed by atoms with Gasteiger partial charge in [0.05, 0.1) is 0 Å². The third kappa shape index (κ3) is 2.75. The van der Waals surface area contributed by atoms with Crippen molar-refractivity contribution >= 4 is 28.7 Å². The number of carbonyl (C=O) groups excluding carboxylic acids is 2. The summed E-state index contributed by atoms with van der Waals surface area (Å²) in [7, 11) is 0. The predicted molar refractivity (Wildman–Crippen MR) is 115 cm³/mol. The Hall–Kier alpha value is -3.43. The van der Waals surface area contributed by atoms with E-state index in [0.717, 1.165) is 24.8 Å². The molecule has 1 saturated heterocycles. The largest absolute Gasteiger partial charge is 0.324 e. The summed E-state index contributed by atoms with van der Waals surface area (Å²) >= 11 is 0. The number of imidazole rings is 1. The van der Waals surface area contributed by atoms with Crippen LogP contribution < -0.4 is 5.32 Å². The van der Waals surface area contributed by atoms with Crippen LogP contribution >= 0.6 is 0 Å². The van der Waals surface area contributed by atoms with Crippen LogP contribution in [0.15, 0.2) is 24.5 Å². The van der Waals surface area contributed by atoms with Crippen molar-refractivity contribution in [3.05, 3.63) is 35.9 Å². The number of aromatic nitrogens is 4. The van der Waals surface area contributed by atoms with Crippen LogP contribution in [0.25, 0.3) is 22.4 Å². The third-order valence-corrected chi connectivity index (χ3v) is 7.01. The van der Waals surface area contributed by atoms with Crippen LogP contribution in [0.3, 0.4) is 0 Å². The quantitative estimate of drug-likeness (QED) is 0.653. The molecule has 3 aromatic rings. The molecule has 1 atom stereocenters. The molecule has 10 heteroatoms. The summed E-state index contributed by atoms with van der Waals surface area (Å²) in [4.78, 5) is 40.7. The average Bonchev–Trinajstić information content (AvgIpc) is 3.35. The maximum Gasteiger partial charge on any atom is 0.295 e. The Labute approximate surface area is 188 Å². The number of nitrogens with one attached hydrogen (secondary N) is 1. The zero-order chi connectivity index (χ0) is 22.9.